The molecular weight excluding hydrogens is 604 g/mol. The van der Waals surface area contributed by atoms with Crippen molar-refractivity contribution in [2.24, 2.45) is 4.99 Å². The number of aliphatic imine (C=N–C) groups is 1. The second-order valence-corrected chi connectivity index (χ2v) is 15.5. The van der Waals surface area contributed by atoms with E-state index in [-0.39, 0.29) is 23.9 Å². The van der Waals surface area contributed by atoms with Crippen LogP contribution < -0.4 is 10.6 Å². The van der Waals surface area contributed by atoms with E-state index >= 15 is 0 Å². The first-order chi connectivity index (χ1) is 24.0. The summed E-state index contributed by atoms with van der Waals surface area (Å²) < 4.78 is 0. The Morgan fingerprint density at radius 1 is 0.571 bits per heavy atom. The van der Waals surface area contributed by atoms with Crippen LogP contribution in [-0.4, -0.2) is 54.8 Å². The van der Waals surface area contributed by atoms with Gasteiger partial charge in [-0.25, -0.2) is 0 Å². The van der Waals surface area contributed by atoms with E-state index in [0.717, 1.165) is 38.1 Å². The molecule has 0 bridgehead atoms. The normalized spacial score (nSPS) is 15.1. The van der Waals surface area contributed by atoms with Crippen LogP contribution in [0.15, 0.2) is 4.99 Å². The number of amides is 2. The van der Waals surface area contributed by atoms with Crippen molar-refractivity contribution in [2.75, 3.05) is 20.1 Å². The number of amidine groups is 1. The highest BCUT2D eigenvalue weighted by Gasteiger charge is 2.27. The van der Waals surface area contributed by atoms with Crippen molar-refractivity contribution in [1.82, 2.24) is 15.5 Å². The molecule has 0 saturated heterocycles. The van der Waals surface area contributed by atoms with E-state index in [4.69, 9.17) is 4.99 Å². The number of nitrogens with one attached hydrogen (secondary N) is 2. The fraction of sp³-hybridized carbons (Fsp3) is 0.930. The highest BCUT2D eigenvalue weighted by molar-refractivity contribution is 5.89. The Balaban J connectivity index is 1.98. The van der Waals surface area contributed by atoms with E-state index in [9.17, 15) is 9.59 Å². The van der Waals surface area contributed by atoms with Gasteiger partial charge in [0.15, 0.2) is 0 Å². The Kier molecular flexibility index (Phi) is 31.1. The van der Waals surface area contributed by atoms with Gasteiger partial charge in [-0.05, 0) is 19.8 Å². The molecule has 6 nitrogen and oxygen atoms in total. The lowest BCUT2D eigenvalue weighted by Gasteiger charge is -2.20. The first-order valence-electron chi connectivity index (χ1n) is 21.8. The van der Waals surface area contributed by atoms with Gasteiger partial charge >= 0.3 is 0 Å². The minimum Gasteiger partial charge on any atom is -0.360 e. The maximum absolute atomic E-state index is 12.6. The summed E-state index contributed by atoms with van der Waals surface area (Å²) in [6.07, 6.45) is 41.3. The number of hydrogen-bond donors (Lipinski definition) is 2. The van der Waals surface area contributed by atoms with Crippen LogP contribution in [-0.2, 0) is 9.59 Å². The zero-order chi connectivity index (χ0) is 35.6. The molecule has 2 atom stereocenters. The Bertz CT molecular complexity index is 801. The van der Waals surface area contributed by atoms with Crippen molar-refractivity contribution in [3.8, 4) is 0 Å². The molecule has 288 valence electrons. The SMILES string of the molecule is CCCCCCCCCCCCCCCCCC(=O)NCC1=NC(C(C)NC(=O)CCCCCCCCCCCCCCCCC)CN1C. The van der Waals surface area contributed by atoms with Crippen molar-refractivity contribution in [2.45, 2.75) is 238 Å². The van der Waals surface area contributed by atoms with E-state index in [1.165, 1.54) is 167 Å². The minimum atomic E-state index is -0.000174. The summed E-state index contributed by atoms with van der Waals surface area (Å²) in [6.45, 7) is 7.89. The summed E-state index contributed by atoms with van der Waals surface area (Å²) in [5, 5.41) is 6.27. The third-order valence-electron chi connectivity index (χ3n) is 10.6. The molecule has 2 N–H and O–H groups in total. The average Bonchev–Trinajstić information content (AvgIpc) is 3.47. The lowest BCUT2D eigenvalue weighted by molar-refractivity contribution is -0.122. The molecule has 6 heteroatoms. The summed E-state index contributed by atoms with van der Waals surface area (Å²) in [5.74, 6) is 1.18. The van der Waals surface area contributed by atoms with Gasteiger partial charge < -0.3 is 15.5 Å². The summed E-state index contributed by atoms with van der Waals surface area (Å²) in [5.41, 5.74) is 0. The van der Waals surface area contributed by atoms with Crippen molar-refractivity contribution in [1.29, 1.82) is 0 Å². The first kappa shape index (κ1) is 45.4. The minimum absolute atomic E-state index is 0.000174. The number of carbonyl (C=O) groups excluding carboxylic acids is 2. The molecule has 0 aliphatic carbocycles. The number of rotatable bonds is 36. The quantitative estimate of drug-likeness (QED) is 0.0643. The van der Waals surface area contributed by atoms with Crippen LogP contribution >= 0.6 is 0 Å². The molecule has 0 radical (unpaired) electrons. The van der Waals surface area contributed by atoms with Gasteiger partial charge in [-0.2, -0.15) is 0 Å². The fourth-order valence-electron chi connectivity index (χ4n) is 7.17. The van der Waals surface area contributed by atoms with Gasteiger partial charge in [0.1, 0.15) is 5.84 Å². The van der Waals surface area contributed by atoms with E-state index in [1.807, 2.05) is 7.05 Å². The summed E-state index contributed by atoms with van der Waals surface area (Å²) in [4.78, 5) is 32.0. The molecule has 0 aromatic rings. The van der Waals surface area contributed by atoms with Gasteiger partial charge in [0.25, 0.3) is 0 Å². The first-order valence-corrected chi connectivity index (χ1v) is 21.8. The number of likely N-dealkylation sites (N-methyl/N-ethyl adjacent to an activating group) is 1. The molecule has 2 amide bonds. The highest BCUT2D eigenvalue weighted by atomic mass is 16.2. The number of unbranched alkanes of at least 4 members (excludes halogenated alkanes) is 28. The van der Waals surface area contributed by atoms with E-state index in [2.05, 4.69) is 36.3 Å². The largest absolute Gasteiger partial charge is 0.360 e. The van der Waals surface area contributed by atoms with E-state index in [1.54, 1.807) is 0 Å². The lowest BCUT2D eigenvalue weighted by atomic mass is 10.0. The second-order valence-electron chi connectivity index (χ2n) is 15.5. The monoisotopic (exact) mass is 689 g/mol. The standard InChI is InChI=1S/C43H84N4O2/c1-5-7-9-11-13-15-17-19-21-23-25-27-29-31-33-35-42(48)44-37-41-46-40(38-47(41)4)39(3)45-43(49)36-34-32-30-28-26-24-22-20-18-16-14-12-10-8-6-2/h39-40H,5-38H2,1-4H3,(H,44,48)(H,45,49). The van der Waals surface area contributed by atoms with Crippen LogP contribution in [0.1, 0.15) is 226 Å². The predicted molar refractivity (Wildman–Crippen MR) is 214 cm³/mol. The van der Waals surface area contributed by atoms with E-state index < -0.39 is 0 Å². The molecule has 49 heavy (non-hydrogen) atoms. The van der Waals surface area contributed by atoms with Crippen molar-refractivity contribution >= 4 is 17.6 Å². The van der Waals surface area contributed by atoms with Crippen LogP contribution in [0.2, 0.25) is 0 Å². The van der Waals surface area contributed by atoms with Gasteiger partial charge in [-0.15, -0.1) is 0 Å². The topological polar surface area (TPSA) is 73.8 Å². The summed E-state index contributed by atoms with van der Waals surface area (Å²) >= 11 is 0. The average molecular weight is 689 g/mol. The lowest BCUT2D eigenvalue weighted by Crippen LogP contribution is -2.42. The Hall–Kier alpha value is -1.59. The Labute approximate surface area is 305 Å². The summed E-state index contributed by atoms with van der Waals surface area (Å²) in [7, 11) is 2.03. The molecule has 0 fully saturated rings. The van der Waals surface area contributed by atoms with Crippen molar-refractivity contribution in [3.05, 3.63) is 0 Å². The zero-order valence-electron chi connectivity index (χ0n) is 33.4. The second kappa shape index (κ2) is 33.5. The van der Waals surface area contributed by atoms with Crippen LogP contribution in [0.3, 0.4) is 0 Å². The van der Waals surface area contributed by atoms with E-state index in [0.29, 0.717) is 19.4 Å². The highest BCUT2D eigenvalue weighted by Crippen LogP contribution is 2.16. The van der Waals surface area contributed by atoms with Crippen molar-refractivity contribution < 1.29 is 9.59 Å². The molecule has 1 aliphatic heterocycles. The van der Waals surface area contributed by atoms with Gasteiger partial charge in [-0.3, -0.25) is 14.6 Å². The number of nitrogens with zero attached hydrogens (tertiary/aromatic N) is 2. The molecule has 1 heterocycles. The Morgan fingerprint density at radius 2 is 0.898 bits per heavy atom. The predicted octanol–water partition coefficient (Wildman–Crippen LogP) is 11.8. The fourth-order valence-corrected chi connectivity index (χ4v) is 7.17. The molecule has 1 rings (SSSR count). The molecule has 0 spiro atoms. The zero-order valence-corrected chi connectivity index (χ0v) is 33.4. The third kappa shape index (κ3) is 27.8. The number of carbonyl (C=O) groups is 2. The van der Waals surface area contributed by atoms with Gasteiger partial charge in [-0.1, -0.05) is 194 Å². The van der Waals surface area contributed by atoms with Gasteiger partial charge in [0.2, 0.25) is 11.8 Å². The molecule has 2 unspecified atom stereocenters. The van der Waals surface area contributed by atoms with Crippen LogP contribution in [0.5, 0.6) is 0 Å². The molecule has 1 aliphatic rings. The van der Waals surface area contributed by atoms with Crippen LogP contribution in [0.25, 0.3) is 0 Å². The maximum atomic E-state index is 12.6. The smallest absolute Gasteiger partial charge is 0.220 e. The van der Waals surface area contributed by atoms with Crippen LogP contribution in [0, 0.1) is 0 Å². The van der Waals surface area contributed by atoms with Gasteiger partial charge in [0, 0.05) is 26.4 Å². The van der Waals surface area contributed by atoms with Crippen LogP contribution in [0.4, 0.5) is 0 Å². The number of hydrogen-bond acceptors (Lipinski definition) is 4. The molecule has 0 saturated carbocycles. The Morgan fingerprint density at radius 3 is 1.27 bits per heavy atom. The maximum Gasteiger partial charge on any atom is 0.220 e. The molecule has 0 aromatic heterocycles. The van der Waals surface area contributed by atoms with Gasteiger partial charge in [0.05, 0.1) is 18.6 Å². The molecular formula is C43H84N4O2. The summed E-state index contributed by atoms with van der Waals surface area (Å²) in [6, 6.07) is 0.0391. The van der Waals surface area contributed by atoms with Crippen molar-refractivity contribution in [3.63, 3.8) is 0 Å². The third-order valence-corrected chi connectivity index (χ3v) is 10.6. The molecule has 0 aromatic carbocycles.